The lowest BCUT2D eigenvalue weighted by atomic mass is 9.94. The SMILES string of the molecule is C=C(C)CC(C)(COc1ccccc1F)NC(=O)c1cc2c(nc1OC)CCC2. The van der Waals surface area contributed by atoms with Gasteiger partial charge in [0.05, 0.1) is 12.6 Å². The van der Waals surface area contributed by atoms with Crippen LogP contribution in [0.3, 0.4) is 0 Å². The molecule has 0 aliphatic heterocycles. The first-order valence-corrected chi connectivity index (χ1v) is 9.72. The minimum atomic E-state index is -0.783. The molecule has 1 amide bonds. The zero-order valence-electron chi connectivity index (χ0n) is 17.2. The summed E-state index contributed by atoms with van der Waals surface area (Å²) < 4.78 is 25.0. The fraction of sp³-hybridized carbons (Fsp3) is 0.391. The van der Waals surface area contributed by atoms with Gasteiger partial charge in [-0.15, -0.1) is 6.58 Å². The molecule has 1 atom stereocenters. The summed E-state index contributed by atoms with van der Waals surface area (Å²) in [6, 6.07) is 8.07. The van der Waals surface area contributed by atoms with Crippen LogP contribution < -0.4 is 14.8 Å². The van der Waals surface area contributed by atoms with Gasteiger partial charge in [0.15, 0.2) is 11.6 Å². The average molecular weight is 398 g/mol. The summed E-state index contributed by atoms with van der Waals surface area (Å²) in [6.07, 6.45) is 3.32. The van der Waals surface area contributed by atoms with E-state index < -0.39 is 11.4 Å². The molecule has 1 aromatic carbocycles. The Kier molecular flexibility index (Phi) is 6.20. The highest BCUT2D eigenvalue weighted by molar-refractivity contribution is 5.97. The number of benzene rings is 1. The van der Waals surface area contributed by atoms with Crippen molar-refractivity contribution in [3.8, 4) is 11.6 Å². The van der Waals surface area contributed by atoms with Gasteiger partial charge < -0.3 is 14.8 Å². The number of amides is 1. The van der Waals surface area contributed by atoms with Crippen molar-refractivity contribution in [2.45, 2.75) is 45.1 Å². The lowest BCUT2D eigenvalue weighted by Gasteiger charge is -2.31. The summed E-state index contributed by atoms with van der Waals surface area (Å²) in [4.78, 5) is 17.6. The van der Waals surface area contributed by atoms with E-state index in [9.17, 15) is 9.18 Å². The number of fused-ring (bicyclic) bond motifs is 1. The average Bonchev–Trinajstić information content (AvgIpc) is 3.13. The number of carbonyl (C=O) groups excluding carboxylic acids is 1. The van der Waals surface area contributed by atoms with Crippen molar-refractivity contribution in [2.75, 3.05) is 13.7 Å². The molecular weight excluding hydrogens is 371 g/mol. The second-order valence-corrected chi connectivity index (χ2v) is 7.87. The normalized spacial score (nSPS) is 14.6. The minimum Gasteiger partial charge on any atom is -0.488 e. The molecule has 0 fully saturated rings. The lowest BCUT2D eigenvalue weighted by Crippen LogP contribution is -2.50. The predicted molar refractivity (Wildman–Crippen MR) is 110 cm³/mol. The molecule has 0 bridgehead atoms. The topological polar surface area (TPSA) is 60.5 Å². The van der Waals surface area contributed by atoms with Crippen LogP contribution >= 0.6 is 0 Å². The van der Waals surface area contributed by atoms with Crippen LogP contribution in [0.2, 0.25) is 0 Å². The molecule has 0 radical (unpaired) electrons. The van der Waals surface area contributed by atoms with Gasteiger partial charge in [-0.2, -0.15) is 0 Å². The van der Waals surface area contributed by atoms with Crippen molar-refractivity contribution in [1.82, 2.24) is 10.3 Å². The van der Waals surface area contributed by atoms with Crippen LogP contribution in [0.15, 0.2) is 42.5 Å². The van der Waals surface area contributed by atoms with Crippen LogP contribution in [0.5, 0.6) is 11.6 Å². The van der Waals surface area contributed by atoms with E-state index in [0.717, 1.165) is 36.1 Å². The summed E-state index contributed by atoms with van der Waals surface area (Å²) in [6.45, 7) is 7.78. The lowest BCUT2D eigenvalue weighted by molar-refractivity contribution is 0.0860. The smallest absolute Gasteiger partial charge is 0.257 e. The van der Waals surface area contributed by atoms with E-state index in [-0.39, 0.29) is 18.3 Å². The largest absolute Gasteiger partial charge is 0.488 e. The molecule has 154 valence electrons. The maximum atomic E-state index is 13.9. The second kappa shape index (κ2) is 8.64. The van der Waals surface area contributed by atoms with E-state index in [0.29, 0.717) is 17.9 Å². The van der Waals surface area contributed by atoms with E-state index in [4.69, 9.17) is 9.47 Å². The van der Waals surface area contributed by atoms with Crippen molar-refractivity contribution in [3.63, 3.8) is 0 Å². The van der Waals surface area contributed by atoms with Gasteiger partial charge in [-0.1, -0.05) is 17.7 Å². The summed E-state index contributed by atoms with van der Waals surface area (Å²) in [5.41, 5.74) is 2.57. The molecule has 29 heavy (non-hydrogen) atoms. The third-order valence-electron chi connectivity index (χ3n) is 4.94. The Balaban J connectivity index is 1.81. The third-order valence-corrected chi connectivity index (χ3v) is 4.94. The fourth-order valence-corrected chi connectivity index (χ4v) is 3.71. The molecule has 1 heterocycles. The number of rotatable bonds is 8. The zero-order chi connectivity index (χ0) is 21.0. The molecule has 1 aromatic heterocycles. The van der Waals surface area contributed by atoms with Crippen LogP contribution in [0.25, 0.3) is 0 Å². The van der Waals surface area contributed by atoms with Gasteiger partial charge in [-0.3, -0.25) is 4.79 Å². The Morgan fingerprint density at radius 1 is 1.34 bits per heavy atom. The highest BCUT2D eigenvalue weighted by Crippen LogP contribution is 2.28. The van der Waals surface area contributed by atoms with E-state index >= 15 is 0 Å². The molecule has 1 aliphatic carbocycles. The molecule has 1 N–H and O–H groups in total. The van der Waals surface area contributed by atoms with Crippen LogP contribution in [0.1, 0.15) is 48.3 Å². The van der Waals surface area contributed by atoms with Gasteiger partial charge in [0.25, 0.3) is 5.91 Å². The van der Waals surface area contributed by atoms with Gasteiger partial charge in [0.1, 0.15) is 12.2 Å². The molecule has 0 spiro atoms. The number of nitrogens with one attached hydrogen (secondary N) is 1. The predicted octanol–water partition coefficient (Wildman–Crippen LogP) is 4.25. The third kappa shape index (κ3) is 4.94. The minimum absolute atomic E-state index is 0.0905. The summed E-state index contributed by atoms with van der Waals surface area (Å²) in [5, 5.41) is 3.03. The van der Waals surface area contributed by atoms with Gasteiger partial charge in [0, 0.05) is 5.69 Å². The number of hydrogen-bond donors (Lipinski definition) is 1. The number of nitrogens with zero attached hydrogens (tertiary/aromatic N) is 1. The summed E-state index contributed by atoms with van der Waals surface area (Å²) >= 11 is 0. The highest BCUT2D eigenvalue weighted by atomic mass is 19.1. The van der Waals surface area contributed by atoms with E-state index in [1.165, 1.54) is 13.2 Å². The van der Waals surface area contributed by atoms with E-state index in [1.807, 2.05) is 19.9 Å². The Bertz CT molecular complexity index is 928. The first-order chi connectivity index (χ1) is 13.8. The molecule has 2 aromatic rings. The monoisotopic (exact) mass is 398 g/mol. The Morgan fingerprint density at radius 2 is 2.10 bits per heavy atom. The van der Waals surface area contributed by atoms with Gasteiger partial charge in [0.2, 0.25) is 5.88 Å². The number of hydrogen-bond acceptors (Lipinski definition) is 4. The molecule has 1 aliphatic rings. The number of carbonyl (C=O) groups is 1. The molecule has 1 unspecified atom stereocenters. The Hall–Kier alpha value is -2.89. The van der Waals surface area contributed by atoms with Crippen molar-refractivity contribution in [1.29, 1.82) is 0 Å². The van der Waals surface area contributed by atoms with Crippen molar-refractivity contribution in [3.05, 3.63) is 65.1 Å². The number of methoxy groups -OCH3 is 1. The van der Waals surface area contributed by atoms with Crippen molar-refractivity contribution >= 4 is 5.91 Å². The van der Waals surface area contributed by atoms with Crippen LogP contribution in [0, 0.1) is 5.82 Å². The summed E-state index contributed by atoms with van der Waals surface area (Å²) in [7, 11) is 1.51. The standard InChI is InChI=1S/C23H27FN2O3/c1-15(2)13-23(3,14-29-20-11-6-5-9-18(20)24)26-21(27)17-12-16-8-7-10-19(16)25-22(17)28-4/h5-6,9,11-12H,1,7-8,10,13-14H2,2-4H3,(H,26,27). The first kappa shape index (κ1) is 20.8. The fourth-order valence-electron chi connectivity index (χ4n) is 3.71. The van der Waals surface area contributed by atoms with Crippen molar-refractivity contribution < 1.29 is 18.7 Å². The number of para-hydroxylation sites is 1. The number of aryl methyl sites for hydroxylation is 2. The molecule has 3 rings (SSSR count). The summed E-state index contributed by atoms with van der Waals surface area (Å²) in [5.74, 6) is -0.284. The zero-order valence-corrected chi connectivity index (χ0v) is 17.2. The van der Waals surface area contributed by atoms with Gasteiger partial charge >= 0.3 is 0 Å². The number of aromatic nitrogens is 1. The van der Waals surface area contributed by atoms with E-state index in [1.54, 1.807) is 18.2 Å². The number of ether oxygens (including phenoxy) is 2. The van der Waals surface area contributed by atoms with Crippen LogP contribution in [-0.2, 0) is 12.8 Å². The number of halogens is 1. The Labute approximate surface area is 170 Å². The van der Waals surface area contributed by atoms with Crippen LogP contribution in [0.4, 0.5) is 4.39 Å². The second-order valence-electron chi connectivity index (χ2n) is 7.87. The molecule has 5 nitrogen and oxygen atoms in total. The van der Waals surface area contributed by atoms with Crippen molar-refractivity contribution in [2.24, 2.45) is 0 Å². The Morgan fingerprint density at radius 3 is 2.79 bits per heavy atom. The maximum absolute atomic E-state index is 13.9. The van der Waals surface area contributed by atoms with Gasteiger partial charge in [-0.05, 0) is 63.3 Å². The maximum Gasteiger partial charge on any atom is 0.257 e. The van der Waals surface area contributed by atoms with Crippen LogP contribution in [-0.4, -0.2) is 30.1 Å². The van der Waals surface area contributed by atoms with E-state index in [2.05, 4.69) is 16.9 Å². The quantitative estimate of drug-likeness (QED) is 0.676. The van der Waals surface area contributed by atoms with Gasteiger partial charge in [-0.25, -0.2) is 9.37 Å². The molecule has 0 saturated carbocycles. The number of pyridine rings is 1. The molecular formula is C23H27FN2O3. The first-order valence-electron chi connectivity index (χ1n) is 9.72. The molecule has 6 heteroatoms. The molecule has 0 saturated heterocycles. The highest BCUT2D eigenvalue weighted by Gasteiger charge is 2.31.